The van der Waals surface area contributed by atoms with E-state index in [9.17, 15) is 9.59 Å². The van der Waals surface area contributed by atoms with Crippen LogP contribution in [-0.2, 0) is 9.59 Å². The highest BCUT2D eigenvalue weighted by Crippen LogP contribution is 2.33. The zero-order valence-corrected chi connectivity index (χ0v) is 20.0. The molecule has 0 aliphatic carbocycles. The molecule has 2 N–H and O–H groups in total. The number of fused-ring (bicyclic) bond motifs is 1. The van der Waals surface area contributed by atoms with Gasteiger partial charge in [-0.05, 0) is 42.3 Å². The zero-order valence-electron chi connectivity index (χ0n) is 20.0. The van der Waals surface area contributed by atoms with Crippen LogP contribution in [0, 0.1) is 0 Å². The number of rotatable bonds is 8. The van der Waals surface area contributed by atoms with E-state index in [1.165, 1.54) is 13.3 Å². The van der Waals surface area contributed by atoms with Gasteiger partial charge in [-0.15, -0.1) is 0 Å². The lowest BCUT2D eigenvalue weighted by molar-refractivity contribution is -0.129. The van der Waals surface area contributed by atoms with Gasteiger partial charge in [-0.2, -0.15) is 0 Å². The molecule has 4 aromatic rings. The van der Waals surface area contributed by atoms with E-state index in [0.29, 0.717) is 37.3 Å². The molecular weight excluding hydrogens is 456 g/mol. The van der Waals surface area contributed by atoms with Crippen molar-refractivity contribution < 1.29 is 14.3 Å². The number of nitrogens with two attached hydrogens (primary N) is 1. The Morgan fingerprint density at radius 1 is 1.11 bits per heavy atom. The average Bonchev–Trinajstić information content (AvgIpc) is 3.43. The highest BCUT2D eigenvalue weighted by Gasteiger charge is 2.38. The van der Waals surface area contributed by atoms with Crippen molar-refractivity contribution in [1.29, 1.82) is 0 Å². The van der Waals surface area contributed by atoms with Crippen LogP contribution in [0.2, 0.25) is 0 Å². The summed E-state index contributed by atoms with van der Waals surface area (Å²) in [7, 11) is 0. The quantitative estimate of drug-likeness (QED) is 0.411. The van der Waals surface area contributed by atoms with Gasteiger partial charge in [0.1, 0.15) is 17.8 Å². The van der Waals surface area contributed by atoms with Gasteiger partial charge in [-0.3, -0.25) is 9.59 Å². The summed E-state index contributed by atoms with van der Waals surface area (Å²) in [5, 5.41) is 2.48. The minimum Gasteiger partial charge on any atom is -0.457 e. The molecule has 2 aromatic carbocycles. The van der Waals surface area contributed by atoms with E-state index in [2.05, 4.69) is 9.97 Å². The smallest absolute Gasteiger partial charge is 0.238 e. The number of carbonyl (C=O) groups is 2. The van der Waals surface area contributed by atoms with Crippen molar-refractivity contribution in [2.45, 2.75) is 31.8 Å². The van der Waals surface area contributed by atoms with Crippen molar-refractivity contribution in [1.82, 2.24) is 19.5 Å². The summed E-state index contributed by atoms with van der Waals surface area (Å²) < 4.78 is 7.63. The van der Waals surface area contributed by atoms with Gasteiger partial charge in [0.25, 0.3) is 0 Å². The van der Waals surface area contributed by atoms with E-state index < -0.39 is 0 Å². The van der Waals surface area contributed by atoms with E-state index in [-0.39, 0.29) is 23.9 Å². The van der Waals surface area contributed by atoms with Crippen LogP contribution in [0.3, 0.4) is 0 Å². The van der Waals surface area contributed by atoms with Crippen LogP contribution < -0.4 is 15.5 Å². The van der Waals surface area contributed by atoms with Gasteiger partial charge >= 0.3 is 0 Å². The molecule has 2 amide bonds. The lowest BCUT2D eigenvalue weighted by atomic mass is 10.0. The van der Waals surface area contributed by atoms with Crippen molar-refractivity contribution in [3.63, 3.8) is 0 Å². The van der Waals surface area contributed by atoms with Crippen LogP contribution in [-0.4, -0.2) is 50.5 Å². The highest BCUT2D eigenvalue weighted by atomic mass is 16.5. The van der Waals surface area contributed by atoms with Crippen LogP contribution in [0.15, 0.2) is 79.4 Å². The van der Waals surface area contributed by atoms with Crippen molar-refractivity contribution in [3.8, 4) is 11.5 Å². The first-order chi connectivity index (χ1) is 17.5. The van der Waals surface area contributed by atoms with Crippen molar-refractivity contribution in [2.24, 2.45) is 5.73 Å². The van der Waals surface area contributed by atoms with Crippen molar-refractivity contribution in [2.75, 3.05) is 18.1 Å². The van der Waals surface area contributed by atoms with Crippen LogP contribution in [0.5, 0.6) is 11.5 Å². The Labute approximate surface area is 209 Å². The Morgan fingerprint density at radius 3 is 2.61 bits per heavy atom. The molecule has 2 atom stereocenters. The molecule has 1 fully saturated rings. The lowest BCUT2D eigenvalue weighted by Gasteiger charge is -2.29. The van der Waals surface area contributed by atoms with Gasteiger partial charge in [0.05, 0.1) is 6.04 Å². The largest absolute Gasteiger partial charge is 0.457 e. The molecule has 1 aliphatic rings. The fourth-order valence-corrected chi connectivity index (χ4v) is 4.73. The Morgan fingerprint density at radius 2 is 1.86 bits per heavy atom. The van der Waals surface area contributed by atoms with Gasteiger partial charge in [-0.25, -0.2) is 19.7 Å². The van der Waals surface area contributed by atoms with Crippen LogP contribution >= 0.6 is 0 Å². The summed E-state index contributed by atoms with van der Waals surface area (Å²) in [6, 6.07) is 18.6. The number of aromatic nitrogens is 3. The first-order valence-electron chi connectivity index (χ1n) is 11.9. The zero-order chi connectivity index (χ0) is 25.1. The fourth-order valence-electron chi connectivity index (χ4n) is 4.73. The maximum atomic E-state index is 12.8. The van der Waals surface area contributed by atoms with Crippen LogP contribution in [0.4, 0.5) is 0 Å². The van der Waals surface area contributed by atoms with E-state index in [4.69, 9.17) is 10.5 Å². The summed E-state index contributed by atoms with van der Waals surface area (Å²) in [5.74, 6) is 1.39. The summed E-state index contributed by atoms with van der Waals surface area (Å²) in [4.78, 5) is 35.4. The third kappa shape index (κ3) is 4.78. The van der Waals surface area contributed by atoms with Gasteiger partial charge in [0, 0.05) is 50.3 Å². The summed E-state index contributed by atoms with van der Waals surface area (Å²) in [5.41, 5.74) is 8.02. The topological polar surface area (TPSA) is 107 Å². The molecule has 9 nitrogen and oxygen atoms in total. The number of likely N-dealkylation sites (tertiary alicyclic amines) is 1. The second-order valence-electron chi connectivity index (χ2n) is 8.84. The minimum absolute atomic E-state index is 0.0191. The molecular formula is C27H28N6O3. The molecule has 0 radical (unpaired) electrons. The predicted octanol–water partition coefficient (Wildman–Crippen LogP) is 3.40. The van der Waals surface area contributed by atoms with E-state index in [0.717, 1.165) is 16.7 Å². The SMILES string of the molecule is CC(=O)N(CCCN1C(=O)CC(N)C1c1ccc(Oc2ccccc2)cc1)n1ccc2cncnc21. The number of nitrogens with zero attached hydrogens (tertiary/aromatic N) is 5. The van der Waals surface area contributed by atoms with Gasteiger partial charge in [0.2, 0.25) is 11.8 Å². The molecule has 9 heteroatoms. The molecule has 2 aromatic heterocycles. The van der Waals surface area contributed by atoms with Crippen LogP contribution in [0.25, 0.3) is 11.0 Å². The van der Waals surface area contributed by atoms with Gasteiger partial charge in [0.15, 0.2) is 5.65 Å². The number of benzene rings is 2. The summed E-state index contributed by atoms with van der Waals surface area (Å²) >= 11 is 0. The first-order valence-corrected chi connectivity index (χ1v) is 11.9. The second kappa shape index (κ2) is 10.2. The average molecular weight is 485 g/mol. The normalized spacial score (nSPS) is 17.5. The number of hydrogen-bond acceptors (Lipinski definition) is 6. The predicted molar refractivity (Wildman–Crippen MR) is 136 cm³/mol. The Hall–Kier alpha value is -4.24. The second-order valence-corrected chi connectivity index (χ2v) is 8.84. The number of hydrogen-bond donors (Lipinski definition) is 1. The van der Waals surface area contributed by atoms with E-state index in [1.807, 2.05) is 65.6 Å². The lowest BCUT2D eigenvalue weighted by Crippen LogP contribution is -2.41. The third-order valence-electron chi connectivity index (χ3n) is 6.40. The van der Waals surface area contributed by atoms with Crippen molar-refractivity contribution in [3.05, 3.63) is 84.9 Å². The molecule has 3 heterocycles. The fraction of sp³-hybridized carbons (Fsp3) is 0.259. The number of ether oxygens (including phenoxy) is 1. The van der Waals surface area contributed by atoms with Gasteiger partial charge < -0.3 is 15.4 Å². The summed E-state index contributed by atoms with van der Waals surface area (Å²) in [6.07, 6.45) is 5.86. The molecule has 2 unspecified atom stereocenters. The Kier molecular flexibility index (Phi) is 6.64. The summed E-state index contributed by atoms with van der Waals surface area (Å²) in [6.45, 7) is 2.43. The van der Waals surface area contributed by atoms with Crippen molar-refractivity contribution >= 4 is 22.8 Å². The molecule has 1 saturated heterocycles. The molecule has 36 heavy (non-hydrogen) atoms. The standard InChI is InChI=1S/C27H28N6O3/c1-19(34)32(33-15-12-21-17-29-18-30-27(21)33)14-5-13-31-25(35)16-24(28)26(31)20-8-10-23(11-9-20)36-22-6-3-2-4-7-22/h2-4,6-12,15,17-18,24,26H,5,13-14,16,28H2,1H3. The number of para-hydroxylation sites is 1. The van der Waals surface area contributed by atoms with E-state index in [1.54, 1.807) is 22.1 Å². The first kappa shape index (κ1) is 23.5. The molecule has 1 aliphatic heterocycles. The number of carbonyl (C=O) groups excluding carboxylic acids is 2. The molecule has 0 saturated carbocycles. The van der Waals surface area contributed by atoms with E-state index >= 15 is 0 Å². The Bertz CT molecular complexity index is 1350. The monoisotopic (exact) mass is 484 g/mol. The minimum atomic E-state index is -0.299. The maximum absolute atomic E-state index is 12.8. The highest BCUT2D eigenvalue weighted by molar-refractivity contribution is 5.86. The maximum Gasteiger partial charge on any atom is 0.238 e. The van der Waals surface area contributed by atoms with Gasteiger partial charge in [-0.1, -0.05) is 30.3 Å². The third-order valence-corrected chi connectivity index (χ3v) is 6.40. The van der Waals surface area contributed by atoms with Crippen LogP contribution in [0.1, 0.15) is 31.4 Å². The Balaban J connectivity index is 1.27. The molecule has 0 spiro atoms. The molecule has 0 bridgehead atoms. The molecule has 5 rings (SSSR count). The number of amides is 2. The molecule has 184 valence electrons.